The van der Waals surface area contributed by atoms with Crippen LogP contribution in [0.25, 0.3) is 28.1 Å². The number of carboxylic acid groups (broad SMARTS) is 1. The number of aromatic amines is 1. The number of aliphatic carboxylic acids is 1. The van der Waals surface area contributed by atoms with Crippen molar-refractivity contribution in [3.8, 4) is 11.1 Å². The van der Waals surface area contributed by atoms with Gasteiger partial charge in [-0.2, -0.15) is 0 Å². The molecule has 0 aliphatic rings. The number of fused-ring (bicyclic) bond motifs is 1. The van der Waals surface area contributed by atoms with Crippen molar-refractivity contribution < 1.29 is 14.7 Å². The Bertz CT molecular complexity index is 1110. The number of carboxylic acids is 1. The zero-order valence-corrected chi connectivity index (χ0v) is 16.5. The van der Waals surface area contributed by atoms with Crippen LogP contribution in [0, 0.1) is 20.8 Å². The van der Waals surface area contributed by atoms with Crippen LogP contribution in [0.5, 0.6) is 0 Å². The lowest BCUT2D eigenvalue weighted by Crippen LogP contribution is -2.29. The Kier molecular flexibility index (Phi) is 5.36. The van der Waals surface area contributed by atoms with Gasteiger partial charge in [0.1, 0.15) is 6.54 Å². The summed E-state index contributed by atoms with van der Waals surface area (Å²) in [4.78, 5) is 25.9. The first-order valence-corrected chi connectivity index (χ1v) is 9.14. The van der Waals surface area contributed by atoms with Gasteiger partial charge >= 0.3 is 5.97 Å². The zero-order valence-electron chi connectivity index (χ0n) is 16.5. The van der Waals surface area contributed by atoms with E-state index in [1.54, 1.807) is 13.0 Å². The van der Waals surface area contributed by atoms with Gasteiger partial charge in [0.15, 0.2) is 0 Å². The molecule has 0 atom stereocenters. The number of H-pyrrole nitrogens is 1. The van der Waals surface area contributed by atoms with Crippen molar-refractivity contribution in [2.24, 2.45) is 0 Å². The molecule has 144 valence electrons. The molecule has 5 nitrogen and oxygen atoms in total. The fraction of sp³-hybridized carbons (Fsp3) is 0.217. The quantitative estimate of drug-likeness (QED) is 0.579. The lowest BCUT2D eigenvalue weighted by molar-refractivity contribution is -0.137. The monoisotopic (exact) mass is 376 g/mol. The SMILES string of the molecule is C/C(=C\c1cc(C)c(-c2ccc3[nH]cc(C)c3c2)cc1C)C(=O)NCC(=O)O. The number of benzene rings is 2. The molecule has 1 aromatic heterocycles. The summed E-state index contributed by atoms with van der Waals surface area (Å²) in [6.07, 6.45) is 3.81. The summed E-state index contributed by atoms with van der Waals surface area (Å²) in [5.41, 5.74) is 8.24. The summed E-state index contributed by atoms with van der Waals surface area (Å²) in [6, 6.07) is 10.6. The summed E-state index contributed by atoms with van der Waals surface area (Å²) in [7, 11) is 0. The van der Waals surface area contributed by atoms with Crippen molar-refractivity contribution in [1.29, 1.82) is 0 Å². The Morgan fingerprint density at radius 1 is 1.07 bits per heavy atom. The van der Waals surface area contributed by atoms with E-state index in [2.05, 4.69) is 54.5 Å². The van der Waals surface area contributed by atoms with E-state index in [-0.39, 0.29) is 12.5 Å². The van der Waals surface area contributed by atoms with E-state index >= 15 is 0 Å². The molecule has 0 saturated carbocycles. The van der Waals surface area contributed by atoms with Crippen LogP contribution in [0.3, 0.4) is 0 Å². The van der Waals surface area contributed by atoms with Crippen LogP contribution >= 0.6 is 0 Å². The van der Waals surface area contributed by atoms with E-state index in [0.717, 1.165) is 33.3 Å². The molecule has 0 aliphatic heterocycles. The molecule has 0 unspecified atom stereocenters. The third-order valence-electron chi connectivity index (χ3n) is 4.94. The minimum absolute atomic E-state index is 0.378. The highest BCUT2D eigenvalue weighted by atomic mass is 16.4. The second kappa shape index (κ2) is 7.72. The Morgan fingerprint density at radius 2 is 1.82 bits per heavy atom. The largest absolute Gasteiger partial charge is 0.480 e. The maximum Gasteiger partial charge on any atom is 0.322 e. The second-order valence-electron chi connectivity index (χ2n) is 7.16. The molecule has 3 N–H and O–H groups in total. The summed E-state index contributed by atoms with van der Waals surface area (Å²) in [5, 5.41) is 12.3. The van der Waals surface area contributed by atoms with E-state index in [9.17, 15) is 9.59 Å². The molecular formula is C23H24N2O3. The van der Waals surface area contributed by atoms with Crippen LogP contribution < -0.4 is 5.32 Å². The van der Waals surface area contributed by atoms with Crippen molar-refractivity contribution in [2.45, 2.75) is 27.7 Å². The van der Waals surface area contributed by atoms with Crippen molar-refractivity contribution in [3.63, 3.8) is 0 Å². The Labute approximate surface area is 164 Å². The molecule has 1 amide bonds. The Morgan fingerprint density at radius 3 is 2.54 bits per heavy atom. The average molecular weight is 376 g/mol. The average Bonchev–Trinajstić information content (AvgIpc) is 3.02. The predicted octanol–water partition coefficient (Wildman–Crippen LogP) is 4.36. The first-order chi connectivity index (χ1) is 13.3. The highest BCUT2D eigenvalue weighted by Crippen LogP contribution is 2.30. The van der Waals surface area contributed by atoms with E-state index in [0.29, 0.717) is 5.57 Å². The summed E-state index contributed by atoms with van der Waals surface area (Å²) >= 11 is 0. The van der Waals surface area contributed by atoms with Crippen molar-refractivity contribution in [1.82, 2.24) is 10.3 Å². The molecule has 5 heteroatoms. The number of aromatic nitrogens is 1. The molecule has 0 spiro atoms. The van der Waals surface area contributed by atoms with Gasteiger partial charge in [0.2, 0.25) is 5.91 Å². The minimum atomic E-state index is -1.06. The van der Waals surface area contributed by atoms with Crippen molar-refractivity contribution in [3.05, 3.63) is 64.4 Å². The van der Waals surface area contributed by atoms with Gasteiger partial charge in [-0.3, -0.25) is 9.59 Å². The predicted molar refractivity (Wildman–Crippen MR) is 112 cm³/mol. The zero-order chi connectivity index (χ0) is 20.4. The highest BCUT2D eigenvalue weighted by molar-refractivity contribution is 5.98. The molecule has 28 heavy (non-hydrogen) atoms. The maximum absolute atomic E-state index is 12.0. The van der Waals surface area contributed by atoms with Gasteiger partial charge in [-0.1, -0.05) is 18.2 Å². The Balaban J connectivity index is 1.94. The standard InChI is InChI=1S/C23H24N2O3/c1-13-9-19(17-5-6-21-20(10-17)16(4)11-24-21)14(2)7-18(13)8-15(3)23(28)25-12-22(26)27/h5-11,24H,12H2,1-4H3,(H,25,28)(H,26,27)/b15-8+. The van der Waals surface area contributed by atoms with Crippen LogP contribution in [-0.2, 0) is 9.59 Å². The number of nitrogens with one attached hydrogen (secondary N) is 2. The number of aryl methyl sites for hydroxylation is 3. The van der Waals surface area contributed by atoms with Gasteiger partial charge < -0.3 is 15.4 Å². The molecule has 0 saturated heterocycles. The second-order valence-corrected chi connectivity index (χ2v) is 7.16. The highest BCUT2D eigenvalue weighted by Gasteiger charge is 2.10. The molecule has 0 fully saturated rings. The van der Waals surface area contributed by atoms with Crippen LogP contribution in [0.2, 0.25) is 0 Å². The molecule has 0 aliphatic carbocycles. The summed E-state index contributed by atoms with van der Waals surface area (Å²) in [6.45, 7) is 7.45. The first-order valence-electron chi connectivity index (χ1n) is 9.14. The smallest absolute Gasteiger partial charge is 0.322 e. The lowest BCUT2D eigenvalue weighted by atomic mass is 9.93. The number of rotatable bonds is 5. The van der Waals surface area contributed by atoms with Crippen molar-refractivity contribution in [2.75, 3.05) is 6.54 Å². The number of hydrogen-bond donors (Lipinski definition) is 3. The van der Waals surface area contributed by atoms with Crippen LogP contribution in [-0.4, -0.2) is 28.5 Å². The van der Waals surface area contributed by atoms with Gasteiger partial charge in [-0.05, 0) is 79.3 Å². The third kappa shape index (κ3) is 3.98. The maximum atomic E-state index is 12.0. The minimum Gasteiger partial charge on any atom is -0.480 e. The number of amides is 1. The van der Waals surface area contributed by atoms with E-state index in [4.69, 9.17) is 5.11 Å². The molecule has 3 rings (SSSR count). The fourth-order valence-electron chi connectivity index (χ4n) is 3.33. The molecule has 2 aromatic carbocycles. The van der Waals surface area contributed by atoms with E-state index in [1.165, 1.54) is 10.9 Å². The lowest BCUT2D eigenvalue weighted by Gasteiger charge is -2.12. The number of carbonyl (C=O) groups is 2. The van der Waals surface area contributed by atoms with Gasteiger partial charge in [-0.25, -0.2) is 0 Å². The van der Waals surface area contributed by atoms with E-state index < -0.39 is 5.97 Å². The van der Waals surface area contributed by atoms with E-state index in [1.807, 2.05) is 13.1 Å². The number of hydrogen-bond acceptors (Lipinski definition) is 2. The molecule has 3 aromatic rings. The van der Waals surface area contributed by atoms with Crippen molar-refractivity contribution >= 4 is 28.9 Å². The number of carbonyl (C=O) groups excluding carboxylic acids is 1. The molecule has 1 heterocycles. The molecular weight excluding hydrogens is 352 g/mol. The Hall–Kier alpha value is -3.34. The normalized spacial score (nSPS) is 11.6. The van der Waals surface area contributed by atoms with Gasteiger partial charge in [0.25, 0.3) is 0 Å². The molecule has 0 bridgehead atoms. The summed E-state index contributed by atoms with van der Waals surface area (Å²) < 4.78 is 0. The summed E-state index contributed by atoms with van der Waals surface area (Å²) in [5.74, 6) is -1.44. The van der Waals surface area contributed by atoms with Gasteiger partial charge in [0, 0.05) is 22.7 Å². The molecule has 0 radical (unpaired) electrons. The van der Waals surface area contributed by atoms with Gasteiger partial charge in [0.05, 0.1) is 0 Å². The van der Waals surface area contributed by atoms with Crippen LogP contribution in [0.15, 0.2) is 42.1 Å². The third-order valence-corrected chi connectivity index (χ3v) is 4.94. The fourth-order valence-corrected chi connectivity index (χ4v) is 3.33. The topological polar surface area (TPSA) is 82.2 Å². The van der Waals surface area contributed by atoms with Gasteiger partial charge in [-0.15, -0.1) is 0 Å². The van der Waals surface area contributed by atoms with Crippen LogP contribution in [0.1, 0.15) is 29.2 Å². The first kappa shape index (κ1) is 19.4. The van der Waals surface area contributed by atoms with Crippen LogP contribution in [0.4, 0.5) is 0 Å².